The van der Waals surface area contributed by atoms with Crippen LogP contribution in [0.15, 0.2) is 48.5 Å². The second kappa shape index (κ2) is 7.06. The highest BCUT2D eigenvalue weighted by Crippen LogP contribution is 2.20. The molecule has 3 heteroatoms. The van der Waals surface area contributed by atoms with Crippen LogP contribution in [0.3, 0.4) is 0 Å². The Balaban J connectivity index is 2.22. The van der Waals surface area contributed by atoms with Gasteiger partial charge in [0.1, 0.15) is 5.82 Å². The number of anilines is 1. The van der Waals surface area contributed by atoms with Gasteiger partial charge in [0.05, 0.1) is 0 Å². The molecule has 0 fully saturated rings. The smallest absolute Gasteiger partial charge is 0.125 e. The molecule has 0 bridgehead atoms. The summed E-state index contributed by atoms with van der Waals surface area (Å²) in [6.45, 7) is 4.33. The summed E-state index contributed by atoms with van der Waals surface area (Å²) in [5, 5.41) is 0. The molecular formula is C17H21FN2. The average Bonchev–Trinajstić information content (AvgIpc) is 2.46. The molecule has 0 amide bonds. The molecule has 2 rings (SSSR count). The van der Waals surface area contributed by atoms with Gasteiger partial charge in [0.15, 0.2) is 0 Å². The predicted octanol–water partition coefficient (Wildman–Crippen LogP) is 3.35. The molecule has 0 aliphatic carbocycles. The molecule has 0 aliphatic heterocycles. The highest BCUT2D eigenvalue weighted by atomic mass is 19.1. The molecule has 0 aromatic heterocycles. The highest BCUT2D eigenvalue weighted by Gasteiger charge is 2.09. The minimum absolute atomic E-state index is 0.198. The Hall–Kier alpha value is -1.87. The lowest BCUT2D eigenvalue weighted by Crippen LogP contribution is -2.23. The number of hydrogen-bond acceptors (Lipinski definition) is 2. The van der Waals surface area contributed by atoms with Gasteiger partial charge in [-0.1, -0.05) is 30.3 Å². The lowest BCUT2D eigenvalue weighted by Gasteiger charge is -2.24. The first kappa shape index (κ1) is 14.5. The average molecular weight is 272 g/mol. The molecule has 2 nitrogen and oxygen atoms in total. The number of hydrogen-bond donors (Lipinski definition) is 1. The molecule has 20 heavy (non-hydrogen) atoms. The van der Waals surface area contributed by atoms with Crippen LogP contribution in [0.1, 0.15) is 18.1 Å². The van der Waals surface area contributed by atoms with E-state index in [1.54, 1.807) is 12.1 Å². The minimum Gasteiger partial charge on any atom is -0.367 e. The number of benzene rings is 2. The van der Waals surface area contributed by atoms with Crippen molar-refractivity contribution in [2.24, 2.45) is 5.73 Å². The van der Waals surface area contributed by atoms with Crippen LogP contribution in [0.25, 0.3) is 0 Å². The number of halogens is 1. The Morgan fingerprint density at radius 3 is 2.45 bits per heavy atom. The molecule has 2 aromatic rings. The van der Waals surface area contributed by atoms with Gasteiger partial charge in [-0.25, -0.2) is 4.39 Å². The normalized spacial score (nSPS) is 10.6. The van der Waals surface area contributed by atoms with Crippen molar-refractivity contribution in [1.82, 2.24) is 0 Å². The number of nitrogens with two attached hydrogens (primary N) is 1. The van der Waals surface area contributed by atoms with E-state index >= 15 is 0 Å². The molecule has 106 valence electrons. The molecule has 0 radical (unpaired) electrons. The summed E-state index contributed by atoms with van der Waals surface area (Å²) in [6.07, 6.45) is 0.872. The van der Waals surface area contributed by atoms with Crippen LogP contribution in [0.2, 0.25) is 0 Å². The third-order valence-corrected chi connectivity index (χ3v) is 3.45. The van der Waals surface area contributed by atoms with Gasteiger partial charge in [-0.2, -0.15) is 0 Å². The zero-order valence-electron chi connectivity index (χ0n) is 11.8. The van der Waals surface area contributed by atoms with Gasteiger partial charge in [0, 0.05) is 18.8 Å². The molecule has 2 aromatic carbocycles. The third kappa shape index (κ3) is 3.58. The van der Waals surface area contributed by atoms with Crippen LogP contribution in [0, 0.1) is 5.82 Å². The fraction of sp³-hybridized carbons (Fsp3) is 0.294. The van der Waals surface area contributed by atoms with E-state index in [4.69, 9.17) is 5.73 Å². The lowest BCUT2D eigenvalue weighted by molar-refractivity contribution is 0.626. The zero-order chi connectivity index (χ0) is 14.4. The second-order valence-electron chi connectivity index (χ2n) is 4.80. The summed E-state index contributed by atoms with van der Waals surface area (Å²) in [4.78, 5) is 2.17. The maximum absolute atomic E-state index is 13.4. The summed E-state index contributed by atoms with van der Waals surface area (Å²) in [7, 11) is 0. The summed E-state index contributed by atoms with van der Waals surface area (Å²) >= 11 is 0. The fourth-order valence-corrected chi connectivity index (χ4v) is 2.38. The van der Waals surface area contributed by atoms with Crippen molar-refractivity contribution in [3.63, 3.8) is 0 Å². The van der Waals surface area contributed by atoms with Gasteiger partial charge in [-0.05, 0) is 49.2 Å². The van der Waals surface area contributed by atoms with E-state index in [1.807, 2.05) is 18.2 Å². The first-order chi connectivity index (χ1) is 9.74. The summed E-state index contributed by atoms with van der Waals surface area (Å²) in [6, 6.07) is 15.0. The van der Waals surface area contributed by atoms with Gasteiger partial charge in [-0.3, -0.25) is 0 Å². The Labute approximate surface area is 120 Å². The van der Waals surface area contributed by atoms with E-state index in [1.165, 1.54) is 17.2 Å². The third-order valence-electron chi connectivity index (χ3n) is 3.45. The van der Waals surface area contributed by atoms with Crippen LogP contribution >= 0.6 is 0 Å². The molecule has 0 atom stereocenters. The van der Waals surface area contributed by atoms with E-state index in [2.05, 4.69) is 24.0 Å². The Bertz CT molecular complexity index is 554. The zero-order valence-corrected chi connectivity index (χ0v) is 11.8. The van der Waals surface area contributed by atoms with Crippen LogP contribution in [0.5, 0.6) is 0 Å². The van der Waals surface area contributed by atoms with Crippen LogP contribution in [-0.2, 0) is 13.0 Å². The van der Waals surface area contributed by atoms with E-state index in [-0.39, 0.29) is 5.82 Å². The second-order valence-corrected chi connectivity index (χ2v) is 4.80. The first-order valence-electron chi connectivity index (χ1n) is 7.02. The molecule has 0 aliphatic rings. The van der Waals surface area contributed by atoms with Crippen molar-refractivity contribution in [2.45, 2.75) is 19.9 Å². The first-order valence-corrected chi connectivity index (χ1v) is 7.02. The highest BCUT2D eigenvalue weighted by molar-refractivity contribution is 5.47. The van der Waals surface area contributed by atoms with Crippen molar-refractivity contribution in [3.8, 4) is 0 Å². The van der Waals surface area contributed by atoms with Crippen LogP contribution < -0.4 is 10.6 Å². The maximum atomic E-state index is 13.4. The SMILES string of the molecule is CCN(Cc1ccccc1CCN)c1cccc(F)c1. The molecule has 0 spiro atoms. The van der Waals surface area contributed by atoms with E-state index < -0.39 is 0 Å². The molecule has 2 N–H and O–H groups in total. The van der Waals surface area contributed by atoms with E-state index in [0.717, 1.165) is 25.2 Å². The van der Waals surface area contributed by atoms with E-state index in [0.29, 0.717) is 6.54 Å². The summed E-state index contributed by atoms with van der Waals surface area (Å²) < 4.78 is 13.4. The molecular weight excluding hydrogens is 251 g/mol. The van der Waals surface area contributed by atoms with Crippen LogP contribution in [0.4, 0.5) is 10.1 Å². The predicted molar refractivity (Wildman–Crippen MR) is 82.3 cm³/mol. The van der Waals surface area contributed by atoms with Crippen molar-refractivity contribution >= 4 is 5.69 Å². The van der Waals surface area contributed by atoms with Gasteiger partial charge in [0.2, 0.25) is 0 Å². The monoisotopic (exact) mass is 272 g/mol. The van der Waals surface area contributed by atoms with E-state index in [9.17, 15) is 4.39 Å². The van der Waals surface area contributed by atoms with Gasteiger partial charge in [-0.15, -0.1) is 0 Å². The molecule has 0 heterocycles. The Morgan fingerprint density at radius 1 is 1.05 bits per heavy atom. The standard InChI is InChI=1S/C17H21FN2/c1-2-20(17-9-5-8-16(18)12-17)13-15-7-4-3-6-14(15)10-11-19/h3-9,12H,2,10-11,13,19H2,1H3. The Kier molecular flexibility index (Phi) is 5.13. The minimum atomic E-state index is -0.198. The quantitative estimate of drug-likeness (QED) is 0.873. The maximum Gasteiger partial charge on any atom is 0.125 e. The number of rotatable bonds is 6. The molecule has 0 unspecified atom stereocenters. The van der Waals surface area contributed by atoms with Crippen LogP contribution in [-0.4, -0.2) is 13.1 Å². The largest absolute Gasteiger partial charge is 0.367 e. The summed E-state index contributed by atoms with van der Waals surface area (Å²) in [5.74, 6) is -0.198. The van der Waals surface area contributed by atoms with Gasteiger partial charge < -0.3 is 10.6 Å². The Morgan fingerprint density at radius 2 is 1.80 bits per heavy atom. The van der Waals surface area contributed by atoms with Gasteiger partial charge >= 0.3 is 0 Å². The molecule has 0 saturated heterocycles. The number of nitrogens with zero attached hydrogens (tertiary/aromatic N) is 1. The summed E-state index contributed by atoms with van der Waals surface area (Å²) in [5.41, 5.74) is 9.09. The fourth-order valence-electron chi connectivity index (χ4n) is 2.38. The van der Waals surface area contributed by atoms with Crippen molar-refractivity contribution in [3.05, 3.63) is 65.5 Å². The van der Waals surface area contributed by atoms with Crippen molar-refractivity contribution in [2.75, 3.05) is 18.0 Å². The van der Waals surface area contributed by atoms with Crippen molar-refractivity contribution < 1.29 is 4.39 Å². The lowest BCUT2D eigenvalue weighted by atomic mass is 10.0. The molecule has 0 saturated carbocycles. The van der Waals surface area contributed by atoms with Gasteiger partial charge in [0.25, 0.3) is 0 Å². The topological polar surface area (TPSA) is 29.3 Å². The van der Waals surface area contributed by atoms with Crippen molar-refractivity contribution in [1.29, 1.82) is 0 Å².